The van der Waals surface area contributed by atoms with Crippen molar-refractivity contribution >= 4 is 23.3 Å². The number of benzene rings is 1. The molecule has 1 N–H and O–H groups in total. The number of rotatable bonds is 5. The molecule has 34 heavy (non-hydrogen) atoms. The molecule has 0 bridgehead atoms. The van der Waals surface area contributed by atoms with Crippen LogP contribution in [-0.2, 0) is 27.0 Å². The Hall–Kier alpha value is -3.14. The molecule has 0 aliphatic carbocycles. The van der Waals surface area contributed by atoms with Gasteiger partial charge in [0.05, 0.1) is 23.7 Å². The van der Waals surface area contributed by atoms with Gasteiger partial charge in [-0.3, -0.25) is 9.59 Å². The van der Waals surface area contributed by atoms with Crippen LogP contribution in [0, 0.1) is 5.92 Å². The Balaban J connectivity index is 1.33. The summed E-state index contributed by atoms with van der Waals surface area (Å²) in [6.07, 6.45) is -2.61. The van der Waals surface area contributed by atoms with Gasteiger partial charge >= 0.3 is 6.18 Å². The molecule has 2 aliphatic rings. The predicted octanol–water partition coefficient (Wildman–Crippen LogP) is 3.38. The van der Waals surface area contributed by atoms with E-state index in [1.165, 1.54) is 17.0 Å². The van der Waals surface area contributed by atoms with Gasteiger partial charge < -0.3 is 19.9 Å². The second kappa shape index (κ2) is 9.61. The fourth-order valence-corrected chi connectivity index (χ4v) is 4.39. The monoisotopic (exact) mass is 476 g/mol. The molecule has 10 heteroatoms. The average molecular weight is 476 g/mol. The van der Waals surface area contributed by atoms with Crippen LogP contribution in [0.1, 0.15) is 31.4 Å². The van der Waals surface area contributed by atoms with Crippen molar-refractivity contribution in [1.29, 1.82) is 0 Å². The third kappa shape index (κ3) is 5.49. The van der Waals surface area contributed by atoms with E-state index in [9.17, 15) is 22.8 Å². The Morgan fingerprint density at radius 1 is 1.15 bits per heavy atom. The summed E-state index contributed by atoms with van der Waals surface area (Å²) in [6, 6.07) is 8.38. The number of carbonyl (C=O) groups is 2. The van der Waals surface area contributed by atoms with Crippen LogP contribution in [0.25, 0.3) is 0 Å². The molecule has 182 valence electrons. The van der Waals surface area contributed by atoms with Gasteiger partial charge in [-0.1, -0.05) is 12.1 Å². The molecule has 1 aromatic carbocycles. The van der Waals surface area contributed by atoms with Crippen molar-refractivity contribution < 1.29 is 27.5 Å². The summed E-state index contributed by atoms with van der Waals surface area (Å²) < 4.78 is 44.8. The first-order valence-corrected chi connectivity index (χ1v) is 11.2. The number of anilines is 2. The molecule has 2 fully saturated rings. The maximum absolute atomic E-state index is 13.0. The van der Waals surface area contributed by atoms with Crippen molar-refractivity contribution in [2.24, 2.45) is 5.92 Å². The van der Waals surface area contributed by atoms with Crippen molar-refractivity contribution in [1.82, 2.24) is 10.3 Å². The normalized spacial score (nSPS) is 23.3. The Morgan fingerprint density at radius 3 is 2.53 bits per heavy atom. The van der Waals surface area contributed by atoms with Crippen LogP contribution < -0.4 is 15.1 Å². The Bertz CT molecular complexity index is 1030. The molecular weight excluding hydrogens is 449 g/mol. The molecule has 0 radical (unpaired) electrons. The van der Waals surface area contributed by atoms with Crippen molar-refractivity contribution in [3.63, 3.8) is 0 Å². The highest BCUT2D eigenvalue weighted by molar-refractivity contribution is 6.00. The maximum atomic E-state index is 13.0. The number of morpholine rings is 1. The van der Waals surface area contributed by atoms with Gasteiger partial charge in [-0.25, -0.2) is 4.98 Å². The lowest BCUT2D eigenvalue weighted by atomic mass is 10.1. The number of pyridine rings is 1. The Kier molecular flexibility index (Phi) is 6.79. The lowest BCUT2D eigenvalue weighted by Gasteiger charge is -2.36. The highest BCUT2D eigenvalue weighted by atomic mass is 19.4. The van der Waals surface area contributed by atoms with E-state index in [-0.39, 0.29) is 49.2 Å². The SMILES string of the molecule is CC1CN(c2ccc(CNC(=O)C3CC(=O)N(c4cccc(C(F)(F)F)c4)C3)cn2)CC(C)O1. The minimum absolute atomic E-state index is 0.0383. The minimum Gasteiger partial charge on any atom is -0.372 e. The zero-order valence-electron chi connectivity index (χ0n) is 19.0. The van der Waals surface area contributed by atoms with Crippen LogP contribution in [0.15, 0.2) is 42.6 Å². The van der Waals surface area contributed by atoms with Crippen LogP contribution in [0.4, 0.5) is 24.7 Å². The standard InChI is InChI=1S/C24H27F3N4O3/c1-15-12-30(13-16(2)34-15)21-7-6-17(10-28-21)11-29-23(33)18-8-22(32)31(14-18)20-5-3-4-19(9-20)24(25,26)27/h3-7,9-10,15-16,18H,8,11-14H2,1-2H3,(H,29,33). The topological polar surface area (TPSA) is 74.8 Å². The van der Waals surface area contributed by atoms with Crippen LogP contribution >= 0.6 is 0 Å². The number of hydrogen-bond acceptors (Lipinski definition) is 5. The maximum Gasteiger partial charge on any atom is 0.416 e. The summed E-state index contributed by atoms with van der Waals surface area (Å²) in [4.78, 5) is 32.9. The number of hydrogen-bond donors (Lipinski definition) is 1. The van der Waals surface area contributed by atoms with E-state index in [0.717, 1.165) is 36.6 Å². The molecule has 2 aromatic rings. The zero-order valence-corrected chi connectivity index (χ0v) is 19.0. The fourth-order valence-electron chi connectivity index (χ4n) is 4.39. The van der Waals surface area contributed by atoms with Gasteiger partial charge in [-0.05, 0) is 43.7 Å². The summed E-state index contributed by atoms with van der Waals surface area (Å²) in [7, 11) is 0. The molecule has 2 aliphatic heterocycles. The van der Waals surface area contributed by atoms with E-state index >= 15 is 0 Å². The molecule has 3 unspecified atom stereocenters. The molecule has 4 rings (SSSR count). The lowest BCUT2D eigenvalue weighted by Crippen LogP contribution is -2.45. The number of nitrogens with zero attached hydrogens (tertiary/aromatic N) is 3. The van der Waals surface area contributed by atoms with E-state index in [1.54, 1.807) is 6.20 Å². The van der Waals surface area contributed by atoms with Crippen LogP contribution in [0.3, 0.4) is 0 Å². The fraction of sp³-hybridized carbons (Fsp3) is 0.458. The highest BCUT2D eigenvalue weighted by Gasteiger charge is 2.37. The van der Waals surface area contributed by atoms with Crippen molar-refractivity contribution in [3.05, 3.63) is 53.7 Å². The first-order chi connectivity index (χ1) is 16.1. The summed E-state index contributed by atoms with van der Waals surface area (Å²) in [5, 5.41) is 2.81. The highest BCUT2D eigenvalue weighted by Crippen LogP contribution is 2.33. The number of halogens is 3. The van der Waals surface area contributed by atoms with Gasteiger partial charge in [-0.2, -0.15) is 13.2 Å². The summed E-state index contributed by atoms with van der Waals surface area (Å²) in [5.74, 6) is -0.483. The first kappa shape index (κ1) is 24.0. The third-order valence-electron chi connectivity index (χ3n) is 6.00. The molecule has 1 aromatic heterocycles. The summed E-state index contributed by atoms with van der Waals surface area (Å²) in [6.45, 7) is 5.84. The number of nitrogens with one attached hydrogen (secondary N) is 1. The van der Waals surface area contributed by atoms with E-state index in [0.29, 0.717) is 0 Å². The van der Waals surface area contributed by atoms with Crippen molar-refractivity contribution in [2.45, 2.75) is 45.2 Å². The number of aromatic nitrogens is 1. The summed E-state index contributed by atoms with van der Waals surface area (Å²) in [5.41, 5.74) is 0.120. The predicted molar refractivity (Wildman–Crippen MR) is 120 cm³/mol. The zero-order chi connectivity index (χ0) is 24.5. The molecule has 0 spiro atoms. The number of ether oxygens (including phenoxy) is 1. The van der Waals surface area contributed by atoms with Crippen molar-refractivity contribution in [2.75, 3.05) is 29.4 Å². The third-order valence-corrected chi connectivity index (χ3v) is 6.00. The molecule has 3 heterocycles. The molecular formula is C24H27F3N4O3. The van der Waals surface area contributed by atoms with Gasteiger partial charge in [0.25, 0.3) is 0 Å². The van der Waals surface area contributed by atoms with Gasteiger partial charge in [0.2, 0.25) is 11.8 Å². The van der Waals surface area contributed by atoms with E-state index < -0.39 is 17.7 Å². The quantitative estimate of drug-likeness (QED) is 0.716. The molecule has 7 nitrogen and oxygen atoms in total. The Labute approximate surface area is 195 Å². The molecule has 2 saturated heterocycles. The minimum atomic E-state index is -4.50. The largest absolute Gasteiger partial charge is 0.416 e. The van der Waals surface area contributed by atoms with E-state index in [4.69, 9.17) is 4.74 Å². The molecule has 3 atom stereocenters. The van der Waals surface area contributed by atoms with E-state index in [2.05, 4.69) is 15.2 Å². The van der Waals surface area contributed by atoms with Crippen LogP contribution in [0.5, 0.6) is 0 Å². The number of alkyl halides is 3. The van der Waals surface area contributed by atoms with E-state index in [1.807, 2.05) is 26.0 Å². The van der Waals surface area contributed by atoms with Gasteiger partial charge in [0, 0.05) is 44.5 Å². The second-order valence-electron chi connectivity index (χ2n) is 8.86. The van der Waals surface area contributed by atoms with Gasteiger partial charge in [-0.15, -0.1) is 0 Å². The average Bonchev–Trinajstić information content (AvgIpc) is 3.18. The number of amides is 2. The lowest BCUT2D eigenvalue weighted by molar-refractivity contribution is -0.137. The number of carbonyl (C=O) groups excluding carboxylic acids is 2. The van der Waals surface area contributed by atoms with Crippen LogP contribution in [0.2, 0.25) is 0 Å². The molecule has 0 saturated carbocycles. The van der Waals surface area contributed by atoms with Gasteiger partial charge in [0.1, 0.15) is 5.82 Å². The summed E-state index contributed by atoms with van der Waals surface area (Å²) >= 11 is 0. The van der Waals surface area contributed by atoms with Crippen molar-refractivity contribution in [3.8, 4) is 0 Å². The second-order valence-corrected chi connectivity index (χ2v) is 8.86. The van der Waals surface area contributed by atoms with Gasteiger partial charge in [0.15, 0.2) is 0 Å². The first-order valence-electron chi connectivity index (χ1n) is 11.2. The van der Waals surface area contributed by atoms with Crippen LogP contribution in [-0.4, -0.2) is 48.6 Å². The smallest absolute Gasteiger partial charge is 0.372 e. The Morgan fingerprint density at radius 2 is 1.88 bits per heavy atom. The molecule has 2 amide bonds.